The van der Waals surface area contributed by atoms with Gasteiger partial charge in [0.05, 0.1) is 0 Å². The molecule has 4 nitrogen and oxygen atoms in total. The second-order valence-corrected chi connectivity index (χ2v) is 5.14. The van der Waals surface area contributed by atoms with Gasteiger partial charge in [-0.25, -0.2) is 0 Å². The van der Waals surface area contributed by atoms with Gasteiger partial charge in [-0.3, -0.25) is 0 Å². The monoisotopic (exact) mass is 285 g/mol. The summed E-state index contributed by atoms with van der Waals surface area (Å²) in [6.07, 6.45) is 0. The Morgan fingerprint density at radius 1 is 1.20 bits per heavy atom. The number of hydrogen-bond acceptors (Lipinski definition) is 5. The quantitative estimate of drug-likeness (QED) is 0.779. The molecule has 0 saturated heterocycles. The molecule has 1 atom stereocenters. The molecule has 0 fully saturated rings. The Kier molecular flexibility index (Phi) is 3.90. The normalized spacial score (nSPS) is 12.4. The molecule has 1 unspecified atom stereocenters. The predicted octanol–water partition coefficient (Wildman–Crippen LogP) is 3.50. The standard InChI is InChI=1S/C15H15N3OS/c1-2-16-13(11-6-4-3-5-7-11)15-18-17-14(19-15)12-8-9-20-10-12/h3-10,13,16H,2H2,1H3. The average molecular weight is 285 g/mol. The lowest BCUT2D eigenvalue weighted by Crippen LogP contribution is -2.22. The van der Waals surface area contributed by atoms with Gasteiger partial charge < -0.3 is 9.73 Å². The zero-order valence-electron chi connectivity index (χ0n) is 11.1. The molecule has 1 N–H and O–H groups in total. The van der Waals surface area contributed by atoms with Crippen molar-refractivity contribution in [2.45, 2.75) is 13.0 Å². The molecule has 0 aliphatic carbocycles. The second kappa shape index (κ2) is 5.98. The smallest absolute Gasteiger partial charge is 0.248 e. The van der Waals surface area contributed by atoms with E-state index in [9.17, 15) is 0 Å². The fraction of sp³-hybridized carbons (Fsp3) is 0.200. The molecular formula is C15H15N3OS. The first-order chi connectivity index (χ1) is 9.88. The molecule has 1 aromatic carbocycles. The fourth-order valence-corrected chi connectivity index (χ4v) is 2.68. The van der Waals surface area contributed by atoms with Crippen LogP contribution in [-0.2, 0) is 0 Å². The van der Waals surface area contributed by atoms with Gasteiger partial charge in [0.25, 0.3) is 0 Å². The summed E-state index contributed by atoms with van der Waals surface area (Å²) in [5.41, 5.74) is 2.09. The summed E-state index contributed by atoms with van der Waals surface area (Å²) < 4.78 is 5.82. The summed E-state index contributed by atoms with van der Waals surface area (Å²) in [6.45, 7) is 2.89. The molecule has 0 radical (unpaired) electrons. The summed E-state index contributed by atoms with van der Waals surface area (Å²) in [5.74, 6) is 1.17. The van der Waals surface area contributed by atoms with Crippen LogP contribution in [0.25, 0.3) is 11.5 Å². The Hall–Kier alpha value is -1.98. The van der Waals surface area contributed by atoms with E-state index in [4.69, 9.17) is 4.42 Å². The van der Waals surface area contributed by atoms with Crippen molar-refractivity contribution in [1.29, 1.82) is 0 Å². The molecular weight excluding hydrogens is 270 g/mol. The van der Waals surface area contributed by atoms with Crippen molar-refractivity contribution in [3.8, 4) is 11.5 Å². The molecule has 3 aromatic rings. The van der Waals surface area contributed by atoms with E-state index in [1.165, 1.54) is 0 Å². The van der Waals surface area contributed by atoms with E-state index >= 15 is 0 Å². The number of nitrogens with one attached hydrogen (secondary N) is 1. The van der Waals surface area contributed by atoms with Crippen LogP contribution in [0, 0.1) is 0 Å². The number of rotatable bonds is 5. The Morgan fingerprint density at radius 2 is 2.05 bits per heavy atom. The van der Waals surface area contributed by atoms with Gasteiger partial charge in [0.2, 0.25) is 11.8 Å². The van der Waals surface area contributed by atoms with Gasteiger partial charge in [-0.15, -0.1) is 10.2 Å². The molecule has 0 saturated carbocycles. The zero-order chi connectivity index (χ0) is 13.8. The maximum absolute atomic E-state index is 5.82. The molecule has 0 spiro atoms. The van der Waals surface area contributed by atoms with Crippen LogP contribution < -0.4 is 5.32 Å². The van der Waals surface area contributed by atoms with Crippen molar-refractivity contribution in [2.75, 3.05) is 6.54 Å². The van der Waals surface area contributed by atoms with Crippen LogP contribution in [0.2, 0.25) is 0 Å². The third kappa shape index (κ3) is 2.64. The lowest BCUT2D eigenvalue weighted by molar-refractivity contribution is 0.444. The minimum absolute atomic E-state index is 0.0684. The molecule has 2 heterocycles. The van der Waals surface area contributed by atoms with E-state index in [1.54, 1.807) is 11.3 Å². The minimum Gasteiger partial charge on any atom is -0.419 e. The van der Waals surface area contributed by atoms with Crippen molar-refractivity contribution in [2.24, 2.45) is 0 Å². The van der Waals surface area contributed by atoms with Gasteiger partial charge >= 0.3 is 0 Å². The van der Waals surface area contributed by atoms with Crippen LogP contribution in [0.4, 0.5) is 0 Å². The van der Waals surface area contributed by atoms with Gasteiger partial charge in [-0.05, 0) is 23.6 Å². The van der Waals surface area contributed by atoms with Crippen molar-refractivity contribution in [1.82, 2.24) is 15.5 Å². The van der Waals surface area contributed by atoms with Crippen LogP contribution in [0.1, 0.15) is 24.4 Å². The second-order valence-electron chi connectivity index (χ2n) is 4.36. The molecule has 0 aliphatic heterocycles. The van der Waals surface area contributed by atoms with Gasteiger partial charge in [0.15, 0.2) is 0 Å². The van der Waals surface area contributed by atoms with Crippen molar-refractivity contribution in [3.63, 3.8) is 0 Å². The lowest BCUT2D eigenvalue weighted by atomic mass is 10.1. The van der Waals surface area contributed by atoms with Crippen molar-refractivity contribution >= 4 is 11.3 Å². The summed E-state index contributed by atoms with van der Waals surface area (Å²) in [6, 6.07) is 12.0. The molecule has 0 bridgehead atoms. The Bertz CT molecular complexity index is 649. The van der Waals surface area contributed by atoms with Gasteiger partial charge in [0, 0.05) is 10.9 Å². The molecule has 0 aliphatic rings. The fourth-order valence-electron chi connectivity index (χ4n) is 2.05. The Labute approximate surface area is 121 Å². The summed E-state index contributed by atoms with van der Waals surface area (Å²) in [4.78, 5) is 0. The van der Waals surface area contributed by atoms with E-state index in [0.717, 1.165) is 17.7 Å². The highest BCUT2D eigenvalue weighted by Crippen LogP contribution is 2.25. The van der Waals surface area contributed by atoms with Crippen LogP contribution in [0.3, 0.4) is 0 Å². The number of thiophene rings is 1. The van der Waals surface area contributed by atoms with Crippen molar-refractivity contribution in [3.05, 3.63) is 58.6 Å². The zero-order valence-corrected chi connectivity index (χ0v) is 11.9. The van der Waals surface area contributed by atoms with Gasteiger partial charge in [-0.1, -0.05) is 37.3 Å². The highest BCUT2D eigenvalue weighted by Gasteiger charge is 2.20. The first kappa shape index (κ1) is 13.0. The van der Waals surface area contributed by atoms with E-state index in [2.05, 4.69) is 34.6 Å². The van der Waals surface area contributed by atoms with E-state index in [1.807, 2.05) is 35.0 Å². The van der Waals surface area contributed by atoms with E-state index in [-0.39, 0.29) is 6.04 Å². The molecule has 102 valence electrons. The summed E-state index contributed by atoms with van der Waals surface area (Å²) >= 11 is 1.62. The van der Waals surface area contributed by atoms with Crippen molar-refractivity contribution < 1.29 is 4.42 Å². The first-order valence-electron chi connectivity index (χ1n) is 6.52. The largest absolute Gasteiger partial charge is 0.419 e. The molecule has 0 amide bonds. The summed E-state index contributed by atoms with van der Waals surface area (Å²) in [7, 11) is 0. The van der Waals surface area contributed by atoms with Crippen LogP contribution in [-0.4, -0.2) is 16.7 Å². The average Bonchev–Trinajstić information content (AvgIpc) is 3.16. The Balaban J connectivity index is 1.92. The van der Waals surface area contributed by atoms with Crippen LogP contribution >= 0.6 is 11.3 Å². The molecule has 5 heteroatoms. The number of nitrogens with zero attached hydrogens (tertiary/aromatic N) is 2. The number of aromatic nitrogens is 2. The highest BCUT2D eigenvalue weighted by molar-refractivity contribution is 7.08. The minimum atomic E-state index is -0.0684. The number of benzene rings is 1. The van der Waals surface area contributed by atoms with Gasteiger partial charge in [-0.2, -0.15) is 11.3 Å². The van der Waals surface area contributed by atoms with E-state index in [0.29, 0.717) is 11.8 Å². The third-order valence-corrected chi connectivity index (χ3v) is 3.68. The van der Waals surface area contributed by atoms with Gasteiger partial charge in [0.1, 0.15) is 6.04 Å². The maximum Gasteiger partial charge on any atom is 0.248 e. The maximum atomic E-state index is 5.82. The Morgan fingerprint density at radius 3 is 2.75 bits per heavy atom. The van der Waals surface area contributed by atoms with E-state index < -0.39 is 0 Å². The molecule has 20 heavy (non-hydrogen) atoms. The SMILES string of the molecule is CCNC(c1ccccc1)c1nnc(-c2ccsc2)o1. The summed E-state index contributed by atoms with van der Waals surface area (Å²) in [5, 5.41) is 15.7. The third-order valence-electron chi connectivity index (χ3n) is 3.00. The van der Waals surface area contributed by atoms with Crippen LogP contribution in [0.5, 0.6) is 0 Å². The first-order valence-corrected chi connectivity index (χ1v) is 7.47. The lowest BCUT2D eigenvalue weighted by Gasteiger charge is -2.13. The molecule has 3 rings (SSSR count). The predicted molar refractivity (Wildman–Crippen MR) is 79.6 cm³/mol. The molecule has 2 aromatic heterocycles. The van der Waals surface area contributed by atoms with Crippen LogP contribution in [0.15, 0.2) is 51.6 Å². The topological polar surface area (TPSA) is 51.0 Å². The highest BCUT2D eigenvalue weighted by atomic mass is 32.1. The number of hydrogen-bond donors (Lipinski definition) is 1.